The number of hydrogen-bond donors (Lipinski definition) is 3. The lowest BCUT2D eigenvalue weighted by Gasteiger charge is -2.21. The first kappa shape index (κ1) is 21.1. The molecule has 2 heterocycles. The number of halogens is 2. The number of nitrogens with zero attached hydrogens (tertiary/aromatic N) is 3. The van der Waals surface area contributed by atoms with Gasteiger partial charge in [-0.05, 0) is 6.92 Å². The predicted octanol–water partition coefficient (Wildman–Crippen LogP) is 0.133. The number of aliphatic hydroxyl groups is 1. The molecule has 0 bridgehead atoms. The lowest BCUT2D eigenvalue weighted by atomic mass is 10.1. The lowest BCUT2D eigenvalue weighted by molar-refractivity contribution is -0.142. The van der Waals surface area contributed by atoms with Crippen molar-refractivity contribution in [3.05, 3.63) is 17.5 Å². The third-order valence-corrected chi connectivity index (χ3v) is 3.59. The molecule has 22 heavy (non-hydrogen) atoms. The van der Waals surface area contributed by atoms with E-state index in [1.165, 1.54) is 0 Å². The van der Waals surface area contributed by atoms with E-state index >= 15 is 0 Å². The molecule has 1 unspecified atom stereocenters. The Hall–Kier alpha value is -0.860. The first-order valence-electron chi connectivity index (χ1n) is 6.90. The molecular formula is C13H24Cl2N4O3. The van der Waals surface area contributed by atoms with E-state index in [0.717, 1.165) is 24.3 Å². The van der Waals surface area contributed by atoms with Crippen LogP contribution in [0.3, 0.4) is 0 Å². The standard InChI is InChI=1S/C13H22N4O3.2ClH/c1-10-12(9-17(15-10)4-5-18)8-16-3-2-14-6-11(7-16)13(19)20;;/h9,11,14,18H,2-8H2,1H3,(H,19,20);2*1H. The van der Waals surface area contributed by atoms with E-state index in [0.29, 0.717) is 26.2 Å². The second-order valence-corrected chi connectivity index (χ2v) is 5.20. The van der Waals surface area contributed by atoms with E-state index in [1.54, 1.807) is 4.68 Å². The Bertz CT molecular complexity index is 470. The van der Waals surface area contributed by atoms with Gasteiger partial charge in [-0.15, -0.1) is 24.8 Å². The van der Waals surface area contributed by atoms with Gasteiger partial charge in [0.2, 0.25) is 0 Å². The Morgan fingerprint density at radius 3 is 2.86 bits per heavy atom. The Kier molecular flexibility index (Phi) is 9.63. The molecule has 3 N–H and O–H groups in total. The van der Waals surface area contributed by atoms with Crippen LogP contribution in [0.2, 0.25) is 0 Å². The maximum Gasteiger partial charge on any atom is 0.309 e. The number of carboxylic acid groups (broad SMARTS) is 1. The molecule has 1 aromatic heterocycles. The van der Waals surface area contributed by atoms with Crippen molar-refractivity contribution in [3.63, 3.8) is 0 Å². The van der Waals surface area contributed by atoms with Gasteiger partial charge in [-0.3, -0.25) is 14.4 Å². The number of nitrogens with one attached hydrogen (secondary N) is 1. The summed E-state index contributed by atoms with van der Waals surface area (Å²) in [5, 5.41) is 25.6. The number of aliphatic hydroxyl groups excluding tert-OH is 1. The minimum absolute atomic E-state index is 0. The van der Waals surface area contributed by atoms with Crippen LogP contribution in [0.25, 0.3) is 0 Å². The zero-order chi connectivity index (χ0) is 14.5. The first-order chi connectivity index (χ1) is 9.60. The minimum atomic E-state index is -0.753. The summed E-state index contributed by atoms with van der Waals surface area (Å²) >= 11 is 0. The van der Waals surface area contributed by atoms with Gasteiger partial charge in [0.25, 0.3) is 0 Å². The zero-order valence-corrected chi connectivity index (χ0v) is 14.2. The molecule has 1 aromatic rings. The molecule has 1 aliphatic rings. The number of hydrogen-bond acceptors (Lipinski definition) is 5. The first-order valence-corrected chi connectivity index (χ1v) is 6.90. The Labute approximate surface area is 142 Å². The van der Waals surface area contributed by atoms with Crippen LogP contribution in [0.15, 0.2) is 6.20 Å². The largest absolute Gasteiger partial charge is 0.481 e. The monoisotopic (exact) mass is 354 g/mol. The smallest absolute Gasteiger partial charge is 0.309 e. The van der Waals surface area contributed by atoms with Crippen LogP contribution in [-0.4, -0.2) is 63.6 Å². The van der Waals surface area contributed by atoms with Crippen LogP contribution in [0, 0.1) is 12.8 Å². The molecule has 128 valence electrons. The fraction of sp³-hybridized carbons (Fsp3) is 0.692. The maximum atomic E-state index is 11.2. The lowest BCUT2D eigenvalue weighted by Crippen LogP contribution is -2.33. The van der Waals surface area contributed by atoms with Crippen LogP contribution in [0.4, 0.5) is 0 Å². The molecule has 0 spiro atoms. The van der Waals surface area contributed by atoms with Crippen molar-refractivity contribution in [2.24, 2.45) is 5.92 Å². The molecule has 0 aliphatic carbocycles. The fourth-order valence-corrected chi connectivity index (χ4v) is 2.46. The van der Waals surface area contributed by atoms with Gasteiger partial charge in [0, 0.05) is 44.5 Å². The average molecular weight is 355 g/mol. The number of rotatable bonds is 5. The minimum Gasteiger partial charge on any atom is -0.481 e. The van der Waals surface area contributed by atoms with Crippen LogP contribution in [-0.2, 0) is 17.9 Å². The topological polar surface area (TPSA) is 90.6 Å². The Morgan fingerprint density at radius 1 is 1.50 bits per heavy atom. The van der Waals surface area contributed by atoms with Gasteiger partial charge >= 0.3 is 5.97 Å². The summed E-state index contributed by atoms with van der Waals surface area (Å²) < 4.78 is 1.73. The van der Waals surface area contributed by atoms with Crippen molar-refractivity contribution >= 4 is 30.8 Å². The third kappa shape index (κ3) is 5.73. The van der Waals surface area contributed by atoms with Crippen molar-refractivity contribution in [2.75, 3.05) is 32.8 Å². The molecule has 7 nitrogen and oxygen atoms in total. The molecule has 9 heteroatoms. The number of carbonyl (C=O) groups is 1. The van der Waals surface area contributed by atoms with Gasteiger partial charge in [0.15, 0.2) is 0 Å². The molecule has 2 rings (SSSR count). The van der Waals surface area contributed by atoms with E-state index in [-0.39, 0.29) is 37.3 Å². The van der Waals surface area contributed by atoms with Crippen LogP contribution in [0.1, 0.15) is 11.3 Å². The van der Waals surface area contributed by atoms with Gasteiger partial charge < -0.3 is 15.5 Å². The fourth-order valence-electron chi connectivity index (χ4n) is 2.46. The van der Waals surface area contributed by atoms with Gasteiger partial charge in [0.05, 0.1) is 24.8 Å². The van der Waals surface area contributed by atoms with E-state index in [9.17, 15) is 4.79 Å². The summed E-state index contributed by atoms with van der Waals surface area (Å²) in [6, 6.07) is 0. The van der Waals surface area contributed by atoms with Gasteiger partial charge in [-0.1, -0.05) is 0 Å². The summed E-state index contributed by atoms with van der Waals surface area (Å²) in [4.78, 5) is 13.3. The predicted molar refractivity (Wildman–Crippen MR) is 87.8 cm³/mol. The van der Waals surface area contributed by atoms with Crippen molar-refractivity contribution in [1.29, 1.82) is 0 Å². The van der Waals surface area contributed by atoms with Gasteiger partial charge in [-0.2, -0.15) is 5.10 Å². The Morgan fingerprint density at radius 2 is 2.23 bits per heavy atom. The summed E-state index contributed by atoms with van der Waals surface area (Å²) in [7, 11) is 0. The molecule has 0 saturated carbocycles. The van der Waals surface area contributed by atoms with Gasteiger partial charge in [-0.25, -0.2) is 0 Å². The van der Waals surface area contributed by atoms with Crippen molar-refractivity contribution in [1.82, 2.24) is 20.0 Å². The molecule has 1 saturated heterocycles. The van der Waals surface area contributed by atoms with Gasteiger partial charge in [0.1, 0.15) is 0 Å². The third-order valence-electron chi connectivity index (χ3n) is 3.59. The summed E-state index contributed by atoms with van der Waals surface area (Å²) in [6.07, 6.45) is 1.93. The van der Waals surface area contributed by atoms with E-state index in [1.807, 2.05) is 13.1 Å². The molecule has 1 atom stereocenters. The van der Waals surface area contributed by atoms with Crippen LogP contribution >= 0.6 is 24.8 Å². The van der Waals surface area contributed by atoms with Crippen molar-refractivity contribution < 1.29 is 15.0 Å². The van der Waals surface area contributed by atoms with E-state index in [4.69, 9.17) is 10.2 Å². The highest BCUT2D eigenvalue weighted by molar-refractivity contribution is 5.85. The molecule has 1 fully saturated rings. The zero-order valence-electron chi connectivity index (χ0n) is 12.6. The quantitative estimate of drug-likeness (QED) is 0.696. The Balaban J connectivity index is 0.00000220. The number of carboxylic acids is 1. The second-order valence-electron chi connectivity index (χ2n) is 5.20. The molecule has 0 aromatic carbocycles. The van der Waals surface area contributed by atoms with Crippen LogP contribution < -0.4 is 5.32 Å². The van der Waals surface area contributed by atoms with Crippen molar-refractivity contribution in [3.8, 4) is 0 Å². The van der Waals surface area contributed by atoms with Crippen molar-refractivity contribution in [2.45, 2.75) is 20.0 Å². The highest BCUT2D eigenvalue weighted by atomic mass is 35.5. The number of aromatic nitrogens is 2. The van der Waals surface area contributed by atoms with Crippen LogP contribution in [0.5, 0.6) is 0 Å². The molecular weight excluding hydrogens is 331 g/mol. The molecule has 0 radical (unpaired) electrons. The maximum absolute atomic E-state index is 11.2. The number of aryl methyl sites for hydroxylation is 1. The second kappa shape index (κ2) is 10.0. The van der Waals surface area contributed by atoms with E-state index < -0.39 is 5.97 Å². The summed E-state index contributed by atoms with van der Waals surface area (Å²) in [5.74, 6) is -1.12. The highest BCUT2D eigenvalue weighted by Gasteiger charge is 2.24. The normalized spacial score (nSPS) is 18.9. The summed E-state index contributed by atoms with van der Waals surface area (Å²) in [6.45, 7) is 5.88. The highest BCUT2D eigenvalue weighted by Crippen LogP contribution is 2.12. The average Bonchev–Trinajstić information content (AvgIpc) is 2.62. The van der Waals surface area contributed by atoms with E-state index in [2.05, 4.69) is 15.3 Å². The molecule has 1 aliphatic heterocycles. The SMILES string of the molecule is Cc1nn(CCO)cc1CN1CCNCC(C(=O)O)C1.Cl.Cl. The number of aliphatic carboxylic acids is 1. The summed E-state index contributed by atoms with van der Waals surface area (Å²) in [5.41, 5.74) is 2.02. The molecule has 0 amide bonds.